The largest absolute Gasteiger partial charge is 0.497 e. The molecule has 0 fully saturated rings. The van der Waals surface area contributed by atoms with Crippen molar-refractivity contribution in [3.63, 3.8) is 0 Å². The van der Waals surface area contributed by atoms with E-state index in [0.29, 0.717) is 5.75 Å². The zero-order valence-corrected chi connectivity index (χ0v) is 11.6. The fourth-order valence-corrected chi connectivity index (χ4v) is 1.90. The molecule has 2 rings (SSSR count). The van der Waals surface area contributed by atoms with E-state index in [0.717, 1.165) is 12.1 Å². The quantitative estimate of drug-likeness (QED) is 0.852. The summed E-state index contributed by atoms with van der Waals surface area (Å²) in [6.07, 6.45) is -4.61. The molecule has 0 atom stereocenters. The van der Waals surface area contributed by atoms with Gasteiger partial charge in [-0.25, -0.2) is 0 Å². The number of nitrogen functional groups attached to an aromatic ring is 1. The Kier molecular flexibility index (Phi) is 4.25. The van der Waals surface area contributed by atoms with E-state index in [1.54, 1.807) is 6.07 Å². The van der Waals surface area contributed by atoms with Crippen LogP contribution in [0.1, 0.15) is 15.9 Å². The van der Waals surface area contributed by atoms with Crippen molar-refractivity contribution in [1.82, 2.24) is 0 Å². The lowest BCUT2D eigenvalue weighted by Gasteiger charge is -2.14. The number of methoxy groups -OCH3 is 1. The van der Waals surface area contributed by atoms with Gasteiger partial charge >= 0.3 is 6.18 Å². The molecule has 0 bridgehead atoms. The lowest BCUT2D eigenvalue weighted by molar-refractivity contribution is -0.137. The molecule has 0 aliphatic rings. The van der Waals surface area contributed by atoms with Crippen LogP contribution in [-0.4, -0.2) is 13.0 Å². The highest BCUT2D eigenvalue weighted by atomic mass is 19.4. The van der Waals surface area contributed by atoms with E-state index < -0.39 is 23.2 Å². The van der Waals surface area contributed by atoms with Gasteiger partial charge in [-0.2, -0.15) is 13.2 Å². The van der Waals surface area contributed by atoms with Gasteiger partial charge in [0.05, 0.1) is 29.6 Å². The van der Waals surface area contributed by atoms with Crippen LogP contribution >= 0.6 is 0 Å². The normalized spacial score (nSPS) is 11.1. The van der Waals surface area contributed by atoms with Crippen LogP contribution < -0.4 is 15.8 Å². The number of amides is 1. The topological polar surface area (TPSA) is 64.3 Å². The molecule has 116 valence electrons. The van der Waals surface area contributed by atoms with Crippen LogP contribution in [-0.2, 0) is 6.18 Å². The molecule has 0 spiro atoms. The maximum atomic E-state index is 12.9. The van der Waals surface area contributed by atoms with Crippen molar-refractivity contribution in [3.05, 3.63) is 53.6 Å². The summed E-state index contributed by atoms with van der Waals surface area (Å²) in [4.78, 5) is 12.1. The third-order valence-electron chi connectivity index (χ3n) is 2.98. The van der Waals surface area contributed by atoms with E-state index in [-0.39, 0.29) is 11.4 Å². The number of ether oxygens (including phenoxy) is 1. The molecule has 1 amide bonds. The Labute approximate surface area is 124 Å². The van der Waals surface area contributed by atoms with Crippen LogP contribution in [0.15, 0.2) is 42.5 Å². The summed E-state index contributed by atoms with van der Waals surface area (Å²) in [5.41, 5.74) is 4.67. The van der Waals surface area contributed by atoms with Gasteiger partial charge in [-0.15, -0.1) is 0 Å². The molecule has 0 radical (unpaired) electrons. The SMILES string of the molecule is COc1ccc(NC(=O)c2ccccc2C(F)(F)F)c(N)c1. The van der Waals surface area contributed by atoms with Crippen LogP contribution in [0.4, 0.5) is 24.5 Å². The number of carbonyl (C=O) groups is 1. The minimum atomic E-state index is -4.61. The third kappa shape index (κ3) is 3.30. The predicted molar refractivity (Wildman–Crippen MR) is 76.8 cm³/mol. The summed E-state index contributed by atoms with van der Waals surface area (Å²) in [5.74, 6) is -0.406. The van der Waals surface area contributed by atoms with Crippen LogP contribution in [0, 0.1) is 0 Å². The third-order valence-corrected chi connectivity index (χ3v) is 2.98. The fraction of sp³-hybridized carbons (Fsp3) is 0.133. The summed E-state index contributed by atoms with van der Waals surface area (Å²) >= 11 is 0. The first kappa shape index (κ1) is 15.7. The molecule has 0 aliphatic carbocycles. The second-order valence-corrected chi connectivity index (χ2v) is 4.45. The van der Waals surface area contributed by atoms with E-state index in [4.69, 9.17) is 10.5 Å². The van der Waals surface area contributed by atoms with Crippen molar-refractivity contribution in [2.24, 2.45) is 0 Å². The molecule has 2 aromatic carbocycles. The molecule has 7 heteroatoms. The Hall–Kier alpha value is -2.70. The molecular weight excluding hydrogens is 297 g/mol. The Bertz CT molecular complexity index is 699. The van der Waals surface area contributed by atoms with Gasteiger partial charge in [0, 0.05) is 6.07 Å². The molecule has 0 unspecified atom stereocenters. The van der Waals surface area contributed by atoms with Crippen molar-refractivity contribution in [2.45, 2.75) is 6.18 Å². The highest BCUT2D eigenvalue weighted by Crippen LogP contribution is 2.32. The fourth-order valence-electron chi connectivity index (χ4n) is 1.90. The van der Waals surface area contributed by atoms with Gasteiger partial charge in [0.1, 0.15) is 5.75 Å². The van der Waals surface area contributed by atoms with E-state index in [9.17, 15) is 18.0 Å². The predicted octanol–water partition coefficient (Wildman–Crippen LogP) is 3.55. The molecule has 4 nitrogen and oxygen atoms in total. The van der Waals surface area contributed by atoms with Gasteiger partial charge in [-0.1, -0.05) is 12.1 Å². The van der Waals surface area contributed by atoms with Crippen molar-refractivity contribution in [1.29, 1.82) is 0 Å². The smallest absolute Gasteiger partial charge is 0.417 e. The highest BCUT2D eigenvalue weighted by molar-refractivity contribution is 6.06. The van der Waals surface area contributed by atoms with Gasteiger partial charge in [-0.05, 0) is 24.3 Å². The van der Waals surface area contributed by atoms with Gasteiger partial charge in [0.25, 0.3) is 5.91 Å². The number of hydrogen-bond donors (Lipinski definition) is 2. The van der Waals surface area contributed by atoms with Gasteiger partial charge in [0.2, 0.25) is 0 Å². The van der Waals surface area contributed by atoms with Crippen LogP contribution in [0.2, 0.25) is 0 Å². The first-order valence-electron chi connectivity index (χ1n) is 6.24. The van der Waals surface area contributed by atoms with Gasteiger partial charge < -0.3 is 15.8 Å². The van der Waals surface area contributed by atoms with Crippen molar-refractivity contribution < 1.29 is 22.7 Å². The number of nitrogens with two attached hydrogens (primary N) is 1. The van der Waals surface area contributed by atoms with Gasteiger partial charge in [0.15, 0.2) is 0 Å². The monoisotopic (exact) mass is 310 g/mol. The number of alkyl halides is 3. The zero-order chi connectivity index (χ0) is 16.3. The minimum absolute atomic E-state index is 0.192. The number of halogens is 3. The van der Waals surface area contributed by atoms with E-state index >= 15 is 0 Å². The van der Waals surface area contributed by atoms with Crippen LogP contribution in [0.25, 0.3) is 0 Å². The first-order chi connectivity index (χ1) is 10.3. The van der Waals surface area contributed by atoms with E-state index in [1.165, 1.54) is 31.4 Å². The zero-order valence-electron chi connectivity index (χ0n) is 11.6. The van der Waals surface area contributed by atoms with Gasteiger partial charge in [-0.3, -0.25) is 4.79 Å². The summed E-state index contributed by atoms with van der Waals surface area (Å²) in [7, 11) is 1.45. The first-order valence-corrected chi connectivity index (χ1v) is 6.24. The summed E-state index contributed by atoms with van der Waals surface area (Å²) < 4.78 is 43.7. The summed E-state index contributed by atoms with van der Waals surface area (Å²) in [5, 5.41) is 2.37. The van der Waals surface area contributed by atoms with E-state index in [2.05, 4.69) is 5.32 Å². The summed E-state index contributed by atoms with van der Waals surface area (Å²) in [6, 6.07) is 9.02. The molecule has 2 aromatic rings. The standard InChI is InChI=1S/C15H13F3N2O2/c1-22-9-6-7-13(12(19)8-9)20-14(21)10-4-2-3-5-11(10)15(16,17)18/h2-8H,19H2,1H3,(H,20,21). The number of anilines is 2. The van der Waals surface area contributed by atoms with Crippen molar-refractivity contribution in [3.8, 4) is 5.75 Å². The Morgan fingerprint density at radius 1 is 1.18 bits per heavy atom. The molecule has 0 aromatic heterocycles. The lowest BCUT2D eigenvalue weighted by Crippen LogP contribution is -2.19. The number of benzene rings is 2. The Balaban J connectivity index is 2.31. The van der Waals surface area contributed by atoms with Crippen LogP contribution in [0.3, 0.4) is 0 Å². The second-order valence-electron chi connectivity index (χ2n) is 4.45. The number of carbonyl (C=O) groups excluding carboxylic acids is 1. The molecule has 0 aliphatic heterocycles. The average molecular weight is 310 g/mol. The molecule has 0 saturated heterocycles. The van der Waals surface area contributed by atoms with Crippen LogP contribution in [0.5, 0.6) is 5.75 Å². The molecule has 22 heavy (non-hydrogen) atoms. The number of rotatable bonds is 3. The highest BCUT2D eigenvalue weighted by Gasteiger charge is 2.34. The molecule has 0 saturated carbocycles. The number of nitrogens with one attached hydrogen (secondary N) is 1. The summed E-state index contributed by atoms with van der Waals surface area (Å²) in [6.45, 7) is 0. The second kappa shape index (κ2) is 5.97. The molecule has 3 N–H and O–H groups in total. The molecular formula is C15H13F3N2O2. The van der Waals surface area contributed by atoms with Crippen molar-refractivity contribution in [2.75, 3.05) is 18.2 Å². The van der Waals surface area contributed by atoms with Crippen molar-refractivity contribution >= 4 is 17.3 Å². The maximum Gasteiger partial charge on any atom is 0.417 e. The minimum Gasteiger partial charge on any atom is -0.497 e. The lowest BCUT2D eigenvalue weighted by atomic mass is 10.1. The molecule has 0 heterocycles. The van der Waals surface area contributed by atoms with E-state index in [1.807, 2.05) is 0 Å². The Morgan fingerprint density at radius 2 is 1.86 bits per heavy atom. The number of hydrogen-bond acceptors (Lipinski definition) is 3. The Morgan fingerprint density at radius 3 is 2.45 bits per heavy atom. The maximum absolute atomic E-state index is 12.9. The average Bonchev–Trinajstić information content (AvgIpc) is 2.48.